The van der Waals surface area contributed by atoms with Gasteiger partial charge < -0.3 is 45.9 Å². The quantitative estimate of drug-likeness (QED) is 0.0436. The number of guanidine groups is 4. The first-order valence-corrected chi connectivity index (χ1v) is 17.5. The van der Waals surface area contributed by atoms with Gasteiger partial charge in [0.2, 0.25) is 23.8 Å². The van der Waals surface area contributed by atoms with Gasteiger partial charge in [-0.2, -0.15) is 20.4 Å². The third kappa shape index (κ3) is 19.6. The lowest BCUT2D eigenvalue weighted by atomic mass is 10.2. The summed E-state index contributed by atoms with van der Waals surface area (Å²) in [5.41, 5.74) is 42.4. The Bertz CT molecular complexity index is 2170. The van der Waals surface area contributed by atoms with Gasteiger partial charge in [-0.25, -0.2) is 13.2 Å². The van der Waals surface area contributed by atoms with Crippen molar-refractivity contribution in [2.45, 2.75) is 0 Å². The molecule has 0 atom stereocenters. The molecule has 0 fully saturated rings. The Morgan fingerprint density at radius 2 is 0.845 bits per heavy atom. The molecule has 4 aromatic carbocycles. The first-order chi connectivity index (χ1) is 27.2. The van der Waals surface area contributed by atoms with Crippen molar-refractivity contribution in [2.24, 2.45) is 86.7 Å². The van der Waals surface area contributed by atoms with Crippen LogP contribution in [-0.2, 0) is 0 Å². The second-order valence-corrected chi connectivity index (χ2v) is 12.7. The highest BCUT2D eigenvalue weighted by Crippen LogP contribution is 2.28. The number of hydrogen-bond donors (Lipinski definition) is 8. The third-order valence-corrected chi connectivity index (χ3v) is 8.22. The second kappa shape index (κ2) is 26.4. The topological polar surface area (TPSA) is 307 Å². The summed E-state index contributed by atoms with van der Waals surface area (Å²) in [6.45, 7) is 0. The molecule has 58 heavy (non-hydrogen) atoms. The van der Waals surface area contributed by atoms with Gasteiger partial charge in [0.1, 0.15) is 11.6 Å². The molecule has 26 heteroatoms. The molecule has 4 rings (SSSR count). The first-order valence-electron chi connectivity index (χ1n) is 14.9. The zero-order valence-electron chi connectivity index (χ0n) is 29.1. The van der Waals surface area contributed by atoms with Crippen molar-refractivity contribution in [1.29, 1.82) is 0 Å². The lowest BCUT2D eigenvalue weighted by Gasteiger charge is -2.00. The Morgan fingerprint density at radius 3 is 1.33 bits per heavy atom. The van der Waals surface area contributed by atoms with Gasteiger partial charge in [0, 0.05) is 16.7 Å². The average Bonchev–Trinajstić information content (AvgIpc) is 3.15. The SMILES string of the molecule is NC(N)=N/N=C/c1ccc(Cl)c(F)c1Cl.NC(N)=N/N=C/c1ccc(F)c(Cl)c1.NC(N)=N/N=C/c1ccc(F)c(Cl)c1Cl.NC(N)=N/N=C/c1cccc(Cl)c1Cl. The summed E-state index contributed by atoms with van der Waals surface area (Å²) in [6.07, 6.45) is 5.29. The highest BCUT2D eigenvalue weighted by molar-refractivity contribution is 6.44. The molecule has 16 nitrogen and oxygen atoms in total. The molecule has 0 aromatic heterocycles. The standard InChI is InChI=1S/2C8H7Cl2FN4.C8H8Cl2N4.C8H8ClFN4/c9-6-4(3-14-15-8(12)13)1-2-5(11)7(6)10;9-5-2-1-4(6(10)7(5)11)3-14-15-8(12)13;9-6-3-1-2-5(7(6)10)4-13-14-8(11)12;9-6-3-5(1-2-7(6)10)4-13-14-8(11)12/h2*1-3H,(H4,12,13,15);2*1-4H,(H4,11,12,14)/b2*14-3+;2*13-4+. The molecule has 0 heterocycles. The van der Waals surface area contributed by atoms with Crippen LogP contribution in [0.4, 0.5) is 13.2 Å². The summed E-state index contributed by atoms with van der Waals surface area (Å²) < 4.78 is 38.8. The molecule has 4 aromatic rings. The van der Waals surface area contributed by atoms with E-state index in [1.165, 1.54) is 67.3 Å². The Morgan fingerprint density at radius 1 is 0.414 bits per heavy atom. The smallest absolute Gasteiger partial charge is 0.211 e. The van der Waals surface area contributed by atoms with E-state index in [4.69, 9.17) is 127 Å². The maximum atomic E-state index is 13.2. The Labute approximate surface area is 363 Å². The van der Waals surface area contributed by atoms with Gasteiger partial charge in [-0.15, -0.1) is 20.4 Å². The van der Waals surface area contributed by atoms with E-state index < -0.39 is 17.5 Å². The van der Waals surface area contributed by atoms with Crippen LogP contribution in [0, 0.1) is 17.5 Å². The Kier molecular flexibility index (Phi) is 23.0. The van der Waals surface area contributed by atoms with E-state index in [0.717, 1.165) is 0 Å². The van der Waals surface area contributed by atoms with Gasteiger partial charge in [0.15, 0.2) is 5.82 Å². The Hall–Kier alpha value is -5.54. The van der Waals surface area contributed by atoms with Crippen LogP contribution in [-0.4, -0.2) is 48.7 Å². The minimum atomic E-state index is -0.702. The minimum Gasteiger partial charge on any atom is -0.369 e. The van der Waals surface area contributed by atoms with E-state index in [0.29, 0.717) is 32.3 Å². The van der Waals surface area contributed by atoms with E-state index in [9.17, 15) is 13.2 Å². The number of nitrogens with two attached hydrogens (primary N) is 8. The normalized spacial score (nSPS) is 10.5. The zero-order valence-corrected chi connectivity index (χ0v) is 34.4. The molecule has 0 aliphatic carbocycles. The van der Waals surface area contributed by atoms with E-state index in [-0.39, 0.29) is 49.0 Å². The van der Waals surface area contributed by atoms with Crippen LogP contribution in [0.15, 0.2) is 101 Å². The maximum Gasteiger partial charge on any atom is 0.211 e. The fourth-order valence-electron chi connectivity index (χ4n) is 3.13. The summed E-state index contributed by atoms with van der Waals surface area (Å²) >= 11 is 39.6. The molecule has 0 saturated carbocycles. The minimum absolute atomic E-state index is 0.0265. The lowest BCUT2D eigenvalue weighted by Crippen LogP contribution is -2.21. The summed E-state index contributed by atoms with van der Waals surface area (Å²) in [4.78, 5) is 0. The molecule has 0 aliphatic heterocycles. The molecule has 0 unspecified atom stereocenters. The summed E-state index contributed by atoms with van der Waals surface area (Å²) in [5, 5.41) is 28.3. The molecule has 0 bridgehead atoms. The van der Waals surface area contributed by atoms with Gasteiger partial charge in [0.05, 0.1) is 60.0 Å². The maximum absolute atomic E-state index is 13.2. The molecular weight excluding hydrogens is 914 g/mol. The zero-order chi connectivity index (χ0) is 43.9. The molecule has 0 aliphatic rings. The van der Waals surface area contributed by atoms with Crippen LogP contribution in [0.5, 0.6) is 0 Å². The molecule has 0 radical (unpaired) electrons. The summed E-state index contributed by atoms with van der Waals surface area (Å²) in [5.74, 6) is -2.42. The molecule has 0 amide bonds. The van der Waals surface area contributed by atoms with Crippen molar-refractivity contribution >= 4 is 130 Å². The van der Waals surface area contributed by atoms with Crippen LogP contribution in [0.1, 0.15) is 22.3 Å². The van der Waals surface area contributed by atoms with E-state index in [1.807, 2.05) is 0 Å². The first kappa shape index (κ1) is 50.5. The van der Waals surface area contributed by atoms with Crippen LogP contribution < -0.4 is 45.9 Å². The van der Waals surface area contributed by atoms with Crippen LogP contribution >= 0.6 is 81.2 Å². The van der Waals surface area contributed by atoms with Gasteiger partial charge in [-0.05, 0) is 42.0 Å². The number of nitrogens with zero attached hydrogens (tertiary/aromatic N) is 8. The van der Waals surface area contributed by atoms with Crippen molar-refractivity contribution < 1.29 is 13.2 Å². The third-order valence-electron chi connectivity index (χ3n) is 5.55. The average molecular weight is 944 g/mol. The number of hydrogen-bond acceptors (Lipinski definition) is 8. The number of halogens is 10. The fourth-order valence-corrected chi connectivity index (χ4v) is 4.47. The summed E-state index contributed by atoms with van der Waals surface area (Å²) in [7, 11) is 0. The molecule has 0 saturated heterocycles. The van der Waals surface area contributed by atoms with Gasteiger partial charge in [-0.3, -0.25) is 0 Å². The van der Waals surface area contributed by atoms with E-state index >= 15 is 0 Å². The van der Waals surface area contributed by atoms with Crippen molar-refractivity contribution in [3.63, 3.8) is 0 Å². The van der Waals surface area contributed by atoms with Gasteiger partial charge in [0.25, 0.3) is 0 Å². The number of rotatable bonds is 8. The van der Waals surface area contributed by atoms with Crippen LogP contribution in [0.3, 0.4) is 0 Å². The molecule has 308 valence electrons. The Balaban J connectivity index is 0.000000387. The van der Waals surface area contributed by atoms with E-state index in [1.54, 1.807) is 18.2 Å². The van der Waals surface area contributed by atoms with Crippen LogP contribution in [0.2, 0.25) is 35.2 Å². The van der Waals surface area contributed by atoms with Crippen molar-refractivity contribution in [1.82, 2.24) is 0 Å². The monoisotopic (exact) mass is 940 g/mol. The van der Waals surface area contributed by atoms with E-state index in [2.05, 4.69) is 40.8 Å². The predicted octanol–water partition coefficient (Wildman–Crippen LogP) is 6.17. The highest BCUT2D eigenvalue weighted by Gasteiger charge is 2.09. The van der Waals surface area contributed by atoms with Gasteiger partial charge in [-0.1, -0.05) is 105 Å². The lowest BCUT2D eigenvalue weighted by molar-refractivity contribution is 0.628. The molecule has 0 spiro atoms. The highest BCUT2D eigenvalue weighted by atomic mass is 35.5. The largest absolute Gasteiger partial charge is 0.369 e. The molecule has 16 N–H and O–H groups in total. The second-order valence-electron chi connectivity index (χ2n) is 9.92. The van der Waals surface area contributed by atoms with Crippen molar-refractivity contribution in [3.05, 3.63) is 136 Å². The van der Waals surface area contributed by atoms with Crippen molar-refractivity contribution in [2.75, 3.05) is 0 Å². The van der Waals surface area contributed by atoms with Crippen LogP contribution in [0.25, 0.3) is 0 Å². The number of benzene rings is 4. The molecular formula is C32H30Cl7F3N16. The fraction of sp³-hybridized carbons (Fsp3) is 0. The van der Waals surface area contributed by atoms with Crippen molar-refractivity contribution in [3.8, 4) is 0 Å². The van der Waals surface area contributed by atoms with Gasteiger partial charge >= 0.3 is 0 Å². The predicted molar refractivity (Wildman–Crippen MR) is 234 cm³/mol. The summed E-state index contributed by atoms with van der Waals surface area (Å²) in [6, 6.07) is 14.8.